The standard InChI is InChI=1S/C7H11N2O3PS2/c1-5(2)15-7-4-3-6(8-9-7)12-13(10,11)14/h3-5H,1-2H3,(H2,10,11,14). The van der Waals surface area contributed by atoms with Crippen LogP contribution in [0.3, 0.4) is 0 Å². The highest BCUT2D eigenvalue weighted by Crippen LogP contribution is 2.36. The molecule has 1 aromatic rings. The van der Waals surface area contributed by atoms with Gasteiger partial charge >= 0.3 is 6.72 Å². The SMILES string of the molecule is CC(C)Sc1ccc(OP(O)(O)=S)nn1. The zero-order valence-electron chi connectivity index (χ0n) is 8.19. The average molecular weight is 266 g/mol. The van der Waals surface area contributed by atoms with Crippen LogP contribution in [0.4, 0.5) is 0 Å². The van der Waals surface area contributed by atoms with Gasteiger partial charge in [-0.05, 0) is 6.07 Å². The zero-order valence-corrected chi connectivity index (χ0v) is 10.7. The Morgan fingerprint density at radius 2 is 2.07 bits per heavy atom. The smallest absolute Gasteiger partial charge is 0.376 e. The fourth-order valence-corrected chi connectivity index (χ4v) is 2.07. The lowest BCUT2D eigenvalue weighted by molar-refractivity contribution is 0.362. The molecule has 84 valence electrons. The van der Waals surface area contributed by atoms with Crippen molar-refractivity contribution in [3.8, 4) is 5.88 Å². The summed E-state index contributed by atoms with van der Waals surface area (Å²) in [4.78, 5) is 17.7. The van der Waals surface area contributed by atoms with E-state index in [0.29, 0.717) is 5.25 Å². The maximum Gasteiger partial charge on any atom is 0.376 e. The normalized spacial score (nSPS) is 11.8. The van der Waals surface area contributed by atoms with Crippen molar-refractivity contribution in [2.75, 3.05) is 0 Å². The maximum atomic E-state index is 8.87. The van der Waals surface area contributed by atoms with Crippen LogP contribution in [0.5, 0.6) is 5.88 Å². The number of thioether (sulfide) groups is 1. The first-order chi connectivity index (χ1) is 6.87. The Labute approximate surface area is 97.1 Å². The summed E-state index contributed by atoms with van der Waals surface area (Å²) in [6.07, 6.45) is 0. The second kappa shape index (κ2) is 5.23. The molecule has 5 nitrogen and oxygen atoms in total. The second-order valence-corrected chi connectivity index (χ2v) is 7.15. The summed E-state index contributed by atoms with van der Waals surface area (Å²) in [6.45, 7) is 0.373. The molecule has 0 atom stereocenters. The highest BCUT2D eigenvalue weighted by Gasteiger charge is 2.11. The minimum Gasteiger partial charge on any atom is -0.404 e. The third-order valence-electron chi connectivity index (χ3n) is 1.18. The summed E-state index contributed by atoms with van der Waals surface area (Å²) in [5.41, 5.74) is 0. The Morgan fingerprint density at radius 3 is 2.47 bits per heavy atom. The fourth-order valence-electron chi connectivity index (χ4n) is 0.783. The molecule has 1 heterocycles. The lowest BCUT2D eigenvalue weighted by Crippen LogP contribution is -1.96. The van der Waals surface area contributed by atoms with Crippen LogP contribution in [0.2, 0.25) is 0 Å². The van der Waals surface area contributed by atoms with Crippen LogP contribution in [-0.2, 0) is 11.8 Å². The van der Waals surface area contributed by atoms with Crippen molar-refractivity contribution in [3.05, 3.63) is 12.1 Å². The Bertz CT molecular complexity index is 365. The first-order valence-electron chi connectivity index (χ1n) is 4.12. The lowest BCUT2D eigenvalue weighted by Gasteiger charge is -2.08. The van der Waals surface area contributed by atoms with Gasteiger partial charge in [0.05, 0.1) is 0 Å². The van der Waals surface area contributed by atoms with Crippen molar-refractivity contribution in [3.63, 3.8) is 0 Å². The van der Waals surface area contributed by atoms with E-state index in [0.717, 1.165) is 5.03 Å². The van der Waals surface area contributed by atoms with Gasteiger partial charge in [-0.1, -0.05) is 13.8 Å². The van der Waals surface area contributed by atoms with Gasteiger partial charge in [-0.2, -0.15) is 0 Å². The number of hydrogen-bond acceptors (Lipinski definition) is 5. The summed E-state index contributed by atoms with van der Waals surface area (Å²) in [7, 11) is 0. The lowest BCUT2D eigenvalue weighted by atomic mass is 10.6. The molecule has 0 aliphatic carbocycles. The molecule has 0 unspecified atom stereocenters. The van der Waals surface area contributed by atoms with Gasteiger partial charge in [-0.3, -0.25) is 0 Å². The summed E-state index contributed by atoms with van der Waals surface area (Å²) in [5.74, 6) is 0.0245. The van der Waals surface area contributed by atoms with Gasteiger partial charge in [0.1, 0.15) is 5.03 Å². The molecular formula is C7H11N2O3PS2. The highest BCUT2D eigenvalue weighted by molar-refractivity contribution is 8.06. The van der Waals surface area contributed by atoms with Gasteiger partial charge in [0, 0.05) is 23.1 Å². The molecule has 1 aromatic heterocycles. The van der Waals surface area contributed by atoms with Crippen molar-refractivity contribution in [1.29, 1.82) is 0 Å². The Balaban J connectivity index is 2.68. The predicted octanol–water partition coefficient (Wildman–Crippen LogP) is 1.56. The van der Waals surface area contributed by atoms with E-state index in [1.165, 1.54) is 6.07 Å². The van der Waals surface area contributed by atoms with Crippen molar-refractivity contribution >= 4 is 30.3 Å². The second-order valence-electron chi connectivity index (χ2n) is 2.96. The van der Waals surface area contributed by atoms with Crippen molar-refractivity contribution in [1.82, 2.24) is 10.2 Å². The minimum atomic E-state index is -3.71. The Hall–Kier alpha value is -0.200. The molecule has 2 N–H and O–H groups in total. The summed E-state index contributed by atoms with van der Waals surface area (Å²) in [5, 5.41) is 8.67. The third-order valence-corrected chi connectivity index (χ3v) is 2.76. The van der Waals surface area contributed by atoms with E-state index in [4.69, 9.17) is 9.79 Å². The number of hydrogen-bond donors (Lipinski definition) is 2. The molecule has 0 fully saturated rings. The van der Waals surface area contributed by atoms with Crippen LogP contribution in [0.25, 0.3) is 0 Å². The summed E-state index contributed by atoms with van der Waals surface area (Å²) in [6, 6.07) is 3.20. The number of nitrogens with zero attached hydrogens (tertiary/aromatic N) is 2. The van der Waals surface area contributed by atoms with Gasteiger partial charge in [-0.15, -0.1) is 22.0 Å². The predicted molar refractivity (Wildman–Crippen MR) is 62.4 cm³/mol. The molecule has 1 rings (SSSR count). The van der Waals surface area contributed by atoms with Gasteiger partial charge in [0.2, 0.25) is 5.88 Å². The van der Waals surface area contributed by atoms with Crippen LogP contribution in [-0.4, -0.2) is 25.2 Å². The Kier molecular flexibility index (Phi) is 4.48. The number of aromatic nitrogens is 2. The van der Waals surface area contributed by atoms with Crippen molar-refractivity contribution in [2.24, 2.45) is 0 Å². The molecule has 0 aliphatic rings. The molecule has 0 bridgehead atoms. The molecule has 0 spiro atoms. The molecule has 0 aliphatic heterocycles. The van der Waals surface area contributed by atoms with Crippen LogP contribution < -0.4 is 4.52 Å². The topological polar surface area (TPSA) is 75.5 Å². The highest BCUT2D eigenvalue weighted by atomic mass is 32.5. The van der Waals surface area contributed by atoms with E-state index in [2.05, 4.69) is 26.5 Å². The van der Waals surface area contributed by atoms with Crippen LogP contribution in [0.1, 0.15) is 13.8 Å². The van der Waals surface area contributed by atoms with Gasteiger partial charge in [0.25, 0.3) is 0 Å². The molecular weight excluding hydrogens is 255 g/mol. The maximum absolute atomic E-state index is 8.87. The van der Waals surface area contributed by atoms with Crippen molar-refractivity contribution < 1.29 is 14.3 Å². The third kappa shape index (κ3) is 5.44. The van der Waals surface area contributed by atoms with E-state index in [-0.39, 0.29) is 5.88 Å². The van der Waals surface area contributed by atoms with E-state index >= 15 is 0 Å². The quantitative estimate of drug-likeness (QED) is 0.632. The number of rotatable bonds is 4. The van der Waals surface area contributed by atoms with E-state index in [1.807, 2.05) is 13.8 Å². The van der Waals surface area contributed by atoms with Crippen molar-refractivity contribution in [2.45, 2.75) is 24.1 Å². The van der Waals surface area contributed by atoms with E-state index < -0.39 is 6.72 Å². The molecule has 0 radical (unpaired) electrons. The fraction of sp³-hybridized carbons (Fsp3) is 0.429. The first-order valence-corrected chi connectivity index (χ1v) is 7.63. The molecule has 0 amide bonds. The van der Waals surface area contributed by atoms with Crippen LogP contribution >= 0.6 is 18.5 Å². The molecule has 0 saturated carbocycles. The summed E-state index contributed by atoms with van der Waals surface area (Å²) < 4.78 is 4.62. The molecule has 15 heavy (non-hydrogen) atoms. The average Bonchev–Trinajstić information content (AvgIpc) is 2.05. The molecule has 8 heteroatoms. The first kappa shape index (κ1) is 12.9. The minimum absolute atomic E-state index is 0.0245. The van der Waals surface area contributed by atoms with E-state index in [9.17, 15) is 0 Å². The van der Waals surface area contributed by atoms with Gasteiger partial charge < -0.3 is 14.3 Å². The molecule has 0 aromatic carbocycles. The Morgan fingerprint density at radius 1 is 1.40 bits per heavy atom. The van der Waals surface area contributed by atoms with Gasteiger partial charge in [-0.25, -0.2) is 0 Å². The van der Waals surface area contributed by atoms with Crippen LogP contribution in [0, 0.1) is 0 Å². The monoisotopic (exact) mass is 266 g/mol. The molecule has 0 saturated heterocycles. The van der Waals surface area contributed by atoms with Crippen LogP contribution in [0.15, 0.2) is 17.2 Å². The van der Waals surface area contributed by atoms with Gasteiger partial charge in [0.15, 0.2) is 0 Å². The zero-order chi connectivity index (χ0) is 11.5. The van der Waals surface area contributed by atoms with E-state index in [1.54, 1.807) is 17.8 Å². The largest absolute Gasteiger partial charge is 0.404 e. The summed E-state index contributed by atoms with van der Waals surface area (Å²) >= 11 is 5.85.